The maximum atomic E-state index is 11.4. The molecular weight excluding hydrogens is 254 g/mol. The SMILES string of the molecule is CC(C)(CBr)CNS(=O)(=O)C1CC1. The molecule has 1 aliphatic carbocycles. The molecule has 0 aliphatic heterocycles. The summed E-state index contributed by atoms with van der Waals surface area (Å²) in [5.41, 5.74) is -0.0119. The van der Waals surface area contributed by atoms with Crippen molar-refractivity contribution in [2.45, 2.75) is 31.9 Å². The summed E-state index contributed by atoms with van der Waals surface area (Å²) in [6.45, 7) is 4.56. The molecule has 13 heavy (non-hydrogen) atoms. The average Bonchev–Trinajstić information content (AvgIpc) is 2.84. The fourth-order valence-electron chi connectivity index (χ4n) is 0.839. The summed E-state index contributed by atoms with van der Waals surface area (Å²) in [4.78, 5) is 0. The van der Waals surface area contributed by atoms with Gasteiger partial charge in [-0.3, -0.25) is 0 Å². The standard InChI is InChI=1S/C8H16BrNO2S/c1-8(2,5-9)6-10-13(11,12)7-3-4-7/h7,10H,3-6H2,1-2H3. The highest BCUT2D eigenvalue weighted by Crippen LogP contribution is 2.28. The molecule has 0 aromatic rings. The summed E-state index contributed by atoms with van der Waals surface area (Å²) in [5.74, 6) is 0. The van der Waals surface area contributed by atoms with Crippen LogP contribution in [0.2, 0.25) is 0 Å². The molecule has 0 atom stereocenters. The van der Waals surface area contributed by atoms with Crippen LogP contribution < -0.4 is 4.72 Å². The molecule has 5 heteroatoms. The van der Waals surface area contributed by atoms with Gasteiger partial charge in [0.1, 0.15) is 0 Å². The lowest BCUT2D eigenvalue weighted by Crippen LogP contribution is -2.36. The van der Waals surface area contributed by atoms with Gasteiger partial charge in [0, 0.05) is 11.9 Å². The van der Waals surface area contributed by atoms with Gasteiger partial charge in [0.05, 0.1) is 5.25 Å². The van der Waals surface area contributed by atoms with Crippen LogP contribution in [-0.2, 0) is 10.0 Å². The van der Waals surface area contributed by atoms with Crippen LogP contribution >= 0.6 is 15.9 Å². The fourth-order valence-corrected chi connectivity index (χ4v) is 2.62. The van der Waals surface area contributed by atoms with E-state index in [0.29, 0.717) is 6.54 Å². The minimum Gasteiger partial charge on any atom is -0.214 e. The normalized spacial score (nSPS) is 19.0. The molecule has 78 valence electrons. The molecule has 1 aliphatic rings. The van der Waals surface area contributed by atoms with E-state index in [2.05, 4.69) is 20.7 Å². The third-order valence-electron chi connectivity index (χ3n) is 2.08. The molecule has 3 nitrogen and oxygen atoms in total. The Labute approximate surface area is 88.5 Å². The van der Waals surface area contributed by atoms with Crippen LogP contribution in [-0.4, -0.2) is 25.5 Å². The summed E-state index contributed by atoms with van der Waals surface area (Å²) in [6, 6.07) is 0. The van der Waals surface area contributed by atoms with Gasteiger partial charge in [-0.25, -0.2) is 13.1 Å². The predicted octanol–water partition coefficient (Wildman–Crippen LogP) is 1.49. The Hall–Kier alpha value is 0.390. The molecule has 0 saturated heterocycles. The lowest BCUT2D eigenvalue weighted by Gasteiger charge is -2.21. The quantitative estimate of drug-likeness (QED) is 0.769. The number of hydrogen-bond acceptors (Lipinski definition) is 2. The molecule has 0 unspecified atom stereocenters. The summed E-state index contributed by atoms with van der Waals surface area (Å²) >= 11 is 3.36. The molecule has 0 spiro atoms. The third kappa shape index (κ3) is 3.56. The number of alkyl halides is 1. The van der Waals surface area contributed by atoms with Crippen LogP contribution in [0.4, 0.5) is 0 Å². The smallest absolute Gasteiger partial charge is 0.214 e. The predicted molar refractivity (Wildman–Crippen MR) is 57.5 cm³/mol. The van der Waals surface area contributed by atoms with Crippen LogP contribution in [0.25, 0.3) is 0 Å². The van der Waals surface area contributed by atoms with Crippen LogP contribution in [0.15, 0.2) is 0 Å². The number of hydrogen-bond donors (Lipinski definition) is 1. The van der Waals surface area contributed by atoms with E-state index in [4.69, 9.17) is 0 Å². The monoisotopic (exact) mass is 269 g/mol. The second kappa shape index (κ2) is 3.87. The van der Waals surface area contributed by atoms with E-state index < -0.39 is 10.0 Å². The number of nitrogens with one attached hydrogen (secondary N) is 1. The summed E-state index contributed by atoms with van der Waals surface area (Å²) < 4.78 is 25.5. The van der Waals surface area contributed by atoms with Crippen LogP contribution in [0.1, 0.15) is 26.7 Å². The Balaban J connectivity index is 2.41. The highest BCUT2D eigenvalue weighted by Gasteiger charge is 2.36. The molecule has 0 radical (unpaired) electrons. The van der Waals surface area contributed by atoms with E-state index >= 15 is 0 Å². The van der Waals surface area contributed by atoms with Crippen molar-refractivity contribution in [2.75, 3.05) is 11.9 Å². The van der Waals surface area contributed by atoms with E-state index in [1.165, 1.54) is 0 Å². The molecule has 1 fully saturated rings. The van der Waals surface area contributed by atoms with Gasteiger partial charge in [-0.05, 0) is 18.3 Å². The maximum Gasteiger partial charge on any atom is 0.214 e. The zero-order valence-electron chi connectivity index (χ0n) is 8.01. The molecular formula is C8H16BrNO2S. The van der Waals surface area contributed by atoms with Crippen molar-refractivity contribution in [3.8, 4) is 0 Å². The molecule has 1 saturated carbocycles. The Morgan fingerprint density at radius 1 is 1.46 bits per heavy atom. The van der Waals surface area contributed by atoms with Gasteiger partial charge < -0.3 is 0 Å². The van der Waals surface area contributed by atoms with Gasteiger partial charge in [-0.1, -0.05) is 29.8 Å². The molecule has 0 heterocycles. The van der Waals surface area contributed by atoms with Crippen molar-refractivity contribution in [2.24, 2.45) is 5.41 Å². The van der Waals surface area contributed by atoms with Crippen LogP contribution in [0, 0.1) is 5.41 Å². The fraction of sp³-hybridized carbons (Fsp3) is 1.00. The van der Waals surface area contributed by atoms with Crippen molar-refractivity contribution in [1.29, 1.82) is 0 Å². The highest BCUT2D eigenvalue weighted by atomic mass is 79.9. The zero-order chi connectivity index (χ0) is 10.1. The van der Waals surface area contributed by atoms with Crippen molar-refractivity contribution in [3.63, 3.8) is 0 Å². The van der Waals surface area contributed by atoms with Crippen LogP contribution in [0.5, 0.6) is 0 Å². The summed E-state index contributed by atoms with van der Waals surface area (Å²) in [7, 11) is -3.00. The van der Waals surface area contributed by atoms with Gasteiger partial charge in [-0.15, -0.1) is 0 Å². The average molecular weight is 270 g/mol. The first-order chi connectivity index (χ1) is 5.87. The first kappa shape index (κ1) is 11.5. The Morgan fingerprint density at radius 2 is 2.00 bits per heavy atom. The third-order valence-corrected chi connectivity index (χ3v) is 5.49. The minimum absolute atomic E-state index is 0.0119. The number of rotatable bonds is 5. The Morgan fingerprint density at radius 3 is 2.38 bits per heavy atom. The minimum atomic E-state index is -3.00. The van der Waals surface area contributed by atoms with E-state index in [9.17, 15) is 8.42 Å². The second-order valence-corrected chi connectivity index (χ2v) is 6.97. The number of sulfonamides is 1. The highest BCUT2D eigenvalue weighted by molar-refractivity contribution is 9.09. The van der Waals surface area contributed by atoms with Crippen LogP contribution in [0.3, 0.4) is 0 Å². The van der Waals surface area contributed by atoms with Gasteiger partial charge in [0.15, 0.2) is 0 Å². The molecule has 0 bridgehead atoms. The summed E-state index contributed by atoms with van der Waals surface area (Å²) in [6.07, 6.45) is 1.65. The van der Waals surface area contributed by atoms with Gasteiger partial charge >= 0.3 is 0 Å². The first-order valence-electron chi connectivity index (χ1n) is 4.42. The van der Waals surface area contributed by atoms with Gasteiger partial charge in [0.2, 0.25) is 10.0 Å². The van der Waals surface area contributed by atoms with Gasteiger partial charge in [0.25, 0.3) is 0 Å². The maximum absolute atomic E-state index is 11.4. The zero-order valence-corrected chi connectivity index (χ0v) is 10.4. The Bertz CT molecular complexity index is 270. The molecule has 1 N–H and O–H groups in total. The largest absolute Gasteiger partial charge is 0.214 e. The lowest BCUT2D eigenvalue weighted by molar-refractivity contribution is 0.420. The summed E-state index contributed by atoms with van der Waals surface area (Å²) in [5, 5.41) is 0.686. The topological polar surface area (TPSA) is 46.2 Å². The lowest BCUT2D eigenvalue weighted by atomic mass is 9.98. The van der Waals surface area contributed by atoms with Crippen molar-refractivity contribution in [3.05, 3.63) is 0 Å². The van der Waals surface area contributed by atoms with Crippen molar-refractivity contribution in [1.82, 2.24) is 4.72 Å². The molecule has 0 aromatic carbocycles. The van der Waals surface area contributed by atoms with E-state index in [-0.39, 0.29) is 10.7 Å². The van der Waals surface area contributed by atoms with E-state index in [1.807, 2.05) is 13.8 Å². The number of halogens is 1. The molecule has 0 aromatic heterocycles. The van der Waals surface area contributed by atoms with Gasteiger partial charge in [-0.2, -0.15) is 0 Å². The Kier molecular flexibility index (Phi) is 3.41. The first-order valence-corrected chi connectivity index (χ1v) is 7.09. The van der Waals surface area contributed by atoms with E-state index in [0.717, 1.165) is 18.2 Å². The van der Waals surface area contributed by atoms with E-state index in [1.54, 1.807) is 0 Å². The molecule has 1 rings (SSSR count). The van der Waals surface area contributed by atoms with Crippen molar-refractivity contribution >= 4 is 26.0 Å². The van der Waals surface area contributed by atoms with Crippen molar-refractivity contribution < 1.29 is 8.42 Å². The second-order valence-electron chi connectivity index (χ2n) is 4.36. The molecule has 0 amide bonds.